The summed E-state index contributed by atoms with van der Waals surface area (Å²) in [7, 11) is 1.83. The molecule has 1 aliphatic rings. The van der Waals surface area contributed by atoms with E-state index in [0.717, 1.165) is 0 Å². The summed E-state index contributed by atoms with van der Waals surface area (Å²) >= 11 is 0. The van der Waals surface area contributed by atoms with Crippen molar-refractivity contribution in [3.05, 3.63) is 10.4 Å². The summed E-state index contributed by atoms with van der Waals surface area (Å²) in [6.07, 6.45) is -1.58. The van der Waals surface area contributed by atoms with Gasteiger partial charge in [-0.3, -0.25) is 0 Å². The van der Waals surface area contributed by atoms with Crippen LogP contribution in [-0.4, -0.2) is 48.9 Å². The first-order chi connectivity index (χ1) is 6.61. The van der Waals surface area contributed by atoms with Gasteiger partial charge >= 0.3 is 0 Å². The molecule has 0 aromatic carbocycles. The first-order valence-corrected chi connectivity index (χ1v) is 4.60. The molecule has 0 amide bonds. The zero-order valence-corrected chi connectivity index (χ0v) is 8.24. The molecular weight excluding hydrogens is 185 g/mol. The van der Waals surface area contributed by atoms with E-state index in [9.17, 15) is 5.11 Å². The summed E-state index contributed by atoms with van der Waals surface area (Å²) in [5.41, 5.74) is 8.34. The molecule has 2 N–H and O–H groups in total. The maximum absolute atomic E-state index is 9.70. The van der Waals surface area contributed by atoms with Gasteiger partial charge in [-0.2, -0.15) is 0 Å². The van der Waals surface area contributed by atoms with E-state index in [1.165, 1.54) is 0 Å². The molecule has 1 heterocycles. The van der Waals surface area contributed by atoms with Crippen LogP contribution in [0.2, 0.25) is 0 Å². The maximum Gasteiger partial charge on any atom is 0.139 e. The first-order valence-electron chi connectivity index (χ1n) is 4.60. The van der Waals surface area contributed by atoms with Crippen molar-refractivity contribution in [2.75, 3.05) is 6.61 Å². The van der Waals surface area contributed by atoms with Gasteiger partial charge in [-0.1, -0.05) is 12.0 Å². The van der Waals surface area contributed by atoms with Crippen LogP contribution in [0.15, 0.2) is 5.11 Å². The molecule has 0 bridgehead atoms. The molecule has 14 heavy (non-hydrogen) atoms. The van der Waals surface area contributed by atoms with Crippen LogP contribution in [0.4, 0.5) is 0 Å². The highest BCUT2D eigenvalue weighted by molar-refractivity contribution is 6.11. The second kappa shape index (κ2) is 4.66. The molecule has 0 saturated carbocycles. The van der Waals surface area contributed by atoms with E-state index in [4.69, 9.17) is 15.4 Å². The van der Waals surface area contributed by atoms with Crippen molar-refractivity contribution in [1.29, 1.82) is 0 Å². The van der Waals surface area contributed by atoms with Crippen LogP contribution in [0, 0.1) is 5.92 Å². The highest BCUT2D eigenvalue weighted by Crippen LogP contribution is 2.26. The number of rotatable bonds is 2. The van der Waals surface area contributed by atoms with Crippen molar-refractivity contribution >= 4 is 7.85 Å². The molecule has 6 nitrogen and oxygen atoms in total. The average Bonchev–Trinajstić information content (AvgIpc) is 2.18. The molecule has 1 aliphatic heterocycles. The number of hydrogen-bond donors (Lipinski definition) is 2. The predicted molar refractivity (Wildman–Crippen MR) is 52.4 cm³/mol. The van der Waals surface area contributed by atoms with Gasteiger partial charge in [0.2, 0.25) is 0 Å². The SMILES string of the molecule is BC1OC(CO)[C@@H](O)C(N=[N+]=[N-])C1C. The third-order valence-corrected chi connectivity index (χ3v) is 2.76. The normalized spacial score (nSPS) is 42.9. The third-order valence-electron chi connectivity index (χ3n) is 2.76. The summed E-state index contributed by atoms with van der Waals surface area (Å²) in [6.45, 7) is 1.58. The maximum atomic E-state index is 9.70. The molecule has 5 atom stereocenters. The summed E-state index contributed by atoms with van der Waals surface area (Å²) in [6, 6.07) is -0.660. The van der Waals surface area contributed by atoms with Crippen molar-refractivity contribution in [2.45, 2.75) is 31.2 Å². The lowest BCUT2D eigenvalue weighted by Crippen LogP contribution is -2.54. The van der Waals surface area contributed by atoms with Gasteiger partial charge in [-0.15, -0.1) is 0 Å². The molecule has 0 radical (unpaired) electrons. The van der Waals surface area contributed by atoms with Crippen LogP contribution < -0.4 is 0 Å². The molecule has 7 heteroatoms. The Hall–Kier alpha value is -0.745. The Bertz CT molecular complexity index is 246. The van der Waals surface area contributed by atoms with Gasteiger partial charge in [-0.05, 0) is 11.4 Å². The van der Waals surface area contributed by atoms with E-state index in [0.29, 0.717) is 0 Å². The zero-order chi connectivity index (χ0) is 10.7. The molecule has 78 valence electrons. The fourth-order valence-electron chi connectivity index (χ4n) is 1.67. The van der Waals surface area contributed by atoms with Gasteiger partial charge in [0, 0.05) is 10.9 Å². The molecule has 1 fully saturated rings. The van der Waals surface area contributed by atoms with Gasteiger partial charge in [0.15, 0.2) is 0 Å². The molecule has 0 aliphatic carbocycles. The Labute approximate surface area is 82.9 Å². The third kappa shape index (κ3) is 2.01. The molecule has 0 aromatic heterocycles. The fraction of sp³-hybridized carbons (Fsp3) is 1.00. The van der Waals surface area contributed by atoms with Crippen molar-refractivity contribution < 1.29 is 14.9 Å². The highest BCUT2D eigenvalue weighted by atomic mass is 16.5. The predicted octanol–water partition coefficient (Wildman–Crippen LogP) is -0.987. The van der Waals surface area contributed by atoms with E-state index >= 15 is 0 Å². The van der Waals surface area contributed by atoms with Crippen LogP contribution in [0.3, 0.4) is 0 Å². The standard InChI is InChI=1S/C7H14BN3O3/c1-3-5(10-11-9)6(13)4(2-12)14-7(3)8/h3-7,12-13H,2,8H2,1H3/t3?,4?,5?,6-,7?/m1/s1. The second-order valence-corrected chi connectivity index (χ2v) is 3.61. The lowest BCUT2D eigenvalue weighted by Gasteiger charge is -2.40. The number of aliphatic hydroxyl groups is 2. The van der Waals surface area contributed by atoms with Gasteiger partial charge in [0.25, 0.3) is 0 Å². The Kier molecular flexibility index (Phi) is 3.77. The number of aliphatic hydroxyl groups excluding tert-OH is 2. The van der Waals surface area contributed by atoms with Gasteiger partial charge < -0.3 is 14.9 Å². The molecule has 0 aromatic rings. The molecule has 4 unspecified atom stereocenters. The van der Waals surface area contributed by atoms with Crippen LogP contribution in [0.25, 0.3) is 10.4 Å². The fourth-order valence-corrected chi connectivity index (χ4v) is 1.67. The van der Waals surface area contributed by atoms with Crippen LogP contribution in [-0.2, 0) is 4.74 Å². The summed E-state index contributed by atoms with van der Waals surface area (Å²) < 4.78 is 5.35. The van der Waals surface area contributed by atoms with Crippen molar-refractivity contribution in [3.8, 4) is 0 Å². The summed E-state index contributed by atoms with van der Waals surface area (Å²) in [5, 5.41) is 22.2. The van der Waals surface area contributed by atoms with Crippen LogP contribution in [0.5, 0.6) is 0 Å². The lowest BCUT2D eigenvalue weighted by atomic mass is 9.78. The van der Waals surface area contributed by atoms with Crippen molar-refractivity contribution in [1.82, 2.24) is 0 Å². The van der Waals surface area contributed by atoms with Gasteiger partial charge in [0.05, 0.1) is 18.8 Å². The van der Waals surface area contributed by atoms with E-state index in [1.54, 1.807) is 0 Å². The number of azide groups is 1. The van der Waals surface area contributed by atoms with Gasteiger partial charge in [0.1, 0.15) is 14.0 Å². The lowest BCUT2D eigenvalue weighted by molar-refractivity contribution is -0.138. The minimum atomic E-state index is -0.929. The van der Waals surface area contributed by atoms with Gasteiger partial charge in [-0.25, -0.2) is 0 Å². The van der Waals surface area contributed by atoms with Crippen LogP contribution in [0.1, 0.15) is 6.92 Å². The number of ether oxygens (including phenoxy) is 1. The molecule has 0 spiro atoms. The van der Waals surface area contributed by atoms with Crippen molar-refractivity contribution in [2.24, 2.45) is 11.0 Å². The molecule has 1 saturated heterocycles. The van der Waals surface area contributed by atoms with E-state index in [1.807, 2.05) is 14.8 Å². The second-order valence-electron chi connectivity index (χ2n) is 3.61. The Morgan fingerprint density at radius 2 is 2.29 bits per heavy atom. The highest BCUT2D eigenvalue weighted by Gasteiger charge is 2.40. The zero-order valence-electron chi connectivity index (χ0n) is 8.24. The Balaban J connectivity index is 2.82. The summed E-state index contributed by atoms with van der Waals surface area (Å²) in [5.74, 6) is -0.0521. The van der Waals surface area contributed by atoms with Crippen LogP contribution >= 0.6 is 0 Å². The Morgan fingerprint density at radius 3 is 2.79 bits per heavy atom. The number of hydrogen-bond acceptors (Lipinski definition) is 4. The molecular formula is C7H14BN3O3. The number of nitrogens with zero attached hydrogens (tertiary/aromatic N) is 3. The largest absolute Gasteiger partial charge is 0.394 e. The van der Waals surface area contributed by atoms with E-state index < -0.39 is 18.2 Å². The monoisotopic (exact) mass is 199 g/mol. The van der Waals surface area contributed by atoms with E-state index in [2.05, 4.69) is 10.0 Å². The minimum absolute atomic E-state index is 0.0521. The topological polar surface area (TPSA) is 98.5 Å². The minimum Gasteiger partial charge on any atom is -0.394 e. The summed E-state index contributed by atoms with van der Waals surface area (Å²) in [4.78, 5) is 2.69. The average molecular weight is 199 g/mol. The Morgan fingerprint density at radius 1 is 1.64 bits per heavy atom. The van der Waals surface area contributed by atoms with Crippen molar-refractivity contribution in [3.63, 3.8) is 0 Å². The molecule has 1 rings (SSSR count). The first kappa shape index (κ1) is 11.3. The van der Waals surface area contributed by atoms with E-state index in [-0.39, 0.29) is 18.5 Å². The quantitative estimate of drug-likeness (QED) is 0.258. The smallest absolute Gasteiger partial charge is 0.139 e.